The number of nitrogens with zero attached hydrogens (tertiary/aromatic N) is 3. The highest BCUT2D eigenvalue weighted by molar-refractivity contribution is 7.26. The Labute approximate surface area is 310 Å². The number of fused-ring (bicyclic) bond motifs is 7. The van der Waals surface area contributed by atoms with Gasteiger partial charge in [0, 0.05) is 42.4 Å². The van der Waals surface area contributed by atoms with Crippen molar-refractivity contribution in [3.8, 4) is 78.7 Å². The summed E-state index contributed by atoms with van der Waals surface area (Å²) in [6.45, 7) is 0. The Morgan fingerprint density at radius 2 is 0.849 bits per heavy atom. The summed E-state index contributed by atoms with van der Waals surface area (Å²) >= 11 is 1.86. The molecule has 2 heterocycles. The van der Waals surface area contributed by atoms with Crippen LogP contribution in [0.4, 0.5) is 0 Å². The van der Waals surface area contributed by atoms with Crippen LogP contribution in [0, 0.1) is 0 Å². The van der Waals surface area contributed by atoms with Crippen LogP contribution in [0.5, 0.6) is 0 Å². The molecular formula is C49H29N3S. The Morgan fingerprint density at radius 1 is 0.340 bits per heavy atom. The monoisotopic (exact) mass is 691 g/mol. The van der Waals surface area contributed by atoms with Crippen LogP contribution in [0.2, 0.25) is 0 Å². The molecular weight excluding hydrogens is 663 g/mol. The fourth-order valence-corrected chi connectivity index (χ4v) is 9.26. The molecule has 246 valence electrons. The Bertz CT molecular complexity index is 3020. The third-order valence-corrected chi connectivity index (χ3v) is 11.7. The summed E-state index contributed by atoms with van der Waals surface area (Å²) in [4.78, 5) is 15.6. The van der Waals surface area contributed by atoms with Gasteiger partial charge in [-0.05, 0) is 61.8 Å². The molecule has 0 saturated heterocycles. The van der Waals surface area contributed by atoms with Crippen molar-refractivity contribution in [3.05, 3.63) is 176 Å². The van der Waals surface area contributed by atoms with Crippen LogP contribution in [-0.2, 0) is 0 Å². The molecule has 0 unspecified atom stereocenters. The maximum atomic E-state index is 5.29. The molecule has 0 saturated carbocycles. The number of aromatic nitrogens is 3. The molecule has 4 heteroatoms. The van der Waals surface area contributed by atoms with E-state index in [9.17, 15) is 0 Å². The van der Waals surface area contributed by atoms with Gasteiger partial charge in [0.05, 0.1) is 0 Å². The van der Waals surface area contributed by atoms with E-state index >= 15 is 0 Å². The fourth-order valence-electron chi connectivity index (χ4n) is 7.97. The second kappa shape index (κ2) is 11.9. The lowest BCUT2D eigenvalue weighted by atomic mass is 9.96. The van der Waals surface area contributed by atoms with Gasteiger partial charge in [-0.25, -0.2) is 15.0 Å². The van der Waals surface area contributed by atoms with Gasteiger partial charge < -0.3 is 0 Å². The Morgan fingerprint density at radius 3 is 1.51 bits per heavy atom. The van der Waals surface area contributed by atoms with Crippen molar-refractivity contribution in [1.82, 2.24) is 15.0 Å². The molecule has 3 nitrogen and oxygen atoms in total. The van der Waals surface area contributed by atoms with Crippen LogP contribution in [-0.4, -0.2) is 15.0 Å². The van der Waals surface area contributed by atoms with Crippen molar-refractivity contribution in [2.24, 2.45) is 0 Å². The highest BCUT2D eigenvalue weighted by Crippen LogP contribution is 2.55. The summed E-state index contributed by atoms with van der Waals surface area (Å²) < 4.78 is 2.53. The van der Waals surface area contributed by atoms with E-state index < -0.39 is 0 Å². The highest BCUT2D eigenvalue weighted by atomic mass is 32.1. The summed E-state index contributed by atoms with van der Waals surface area (Å²) in [5.41, 5.74) is 12.8. The van der Waals surface area contributed by atoms with Gasteiger partial charge in [-0.2, -0.15) is 0 Å². The first-order chi connectivity index (χ1) is 26.3. The van der Waals surface area contributed by atoms with Gasteiger partial charge >= 0.3 is 0 Å². The lowest BCUT2D eigenvalue weighted by molar-refractivity contribution is 1.08. The number of benzene rings is 8. The predicted octanol–water partition coefficient (Wildman–Crippen LogP) is 13.4. The minimum Gasteiger partial charge on any atom is -0.208 e. The molecule has 0 fully saturated rings. The molecule has 2 aromatic heterocycles. The van der Waals surface area contributed by atoms with Crippen molar-refractivity contribution in [1.29, 1.82) is 0 Å². The first-order valence-corrected chi connectivity index (χ1v) is 18.7. The third kappa shape index (κ3) is 4.84. The van der Waals surface area contributed by atoms with Crippen LogP contribution in [0.25, 0.3) is 110 Å². The number of hydrogen-bond acceptors (Lipinski definition) is 4. The van der Waals surface area contributed by atoms with Gasteiger partial charge in [0.2, 0.25) is 0 Å². The van der Waals surface area contributed by atoms with Crippen LogP contribution < -0.4 is 0 Å². The molecule has 8 aromatic carbocycles. The standard InChI is InChI=1S/C49H29N3S/c1-3-11-30(12-4-1)31-21-23-32(24-22-31)33-25-27-36(28-26-33)48-50-47(35-13-5-2-6-14-35)51-49(52-48)41-29-40-37-18-9-15-34-16-10-19-39(43(34)37)45(40)46-44(41)38-17-7-8-20-42(38)53-46/h1-29H. The highest BCUT2D eigenvalue weighted by Gasteiger charge is 2.28. The summed E-state index contributed by atoms with van der Waals surface area (Å²) in [5.74, 6) is 1.98. The molecule has 0 amide bonds. The number of thiophene rings is 1. The Balaban J connectivity index is 1.09. The molecule has 1 aliphatic carbocycles. The molecule has 0 atom stereocenters. The fraction of sp³-hybridized carbons (Fsp3) is 0. The van der Waals surface area contributed by atoms with Crippen LogP contribution in [0.15, 0.2) is 176 Å². The maximum absolute atomic E-state index is 5.29. The second-order valence-electron chi connectivity index (χ2n) is 13.6. The Hall–Kier alpha value is -6.75. The zero-order chi connectivity index (χ0) is 34.9. The normalized spacial score (nSPS) is 11.8. The first kappa shape index (κ1) is 29.9. The molecule has 10 aromatic rings. The summed E-state index contributed by atoms with van der Waals surface area (Å²) in [7, 11) is 0. The SMILES string of the molecule is c1ccc(-c2ccc(-c3ccc(-c4nc(-c5ccccc5)nc(-c5cc6c(c7sc8ccccc8c57)-c5cccc7cccc-6c57)n4)cc3)cc2)cc1. The van der Waals surface area contributed by atoms with Crippen molar-refractivity contribution in [2.75, 3.05) is 0 Å². The van der Waals surface area contributed by atoms with Crippen molar-refractivity contribution in [2.45, 2.75) is 0 Å². The molecule has 1 aliphatic rings. The van der Waals surface area contributed by atoms with Crippen molar-refractivity contribution < 1.29 is 0 Å². The quantitative estimate of drug-likeness (QED) is 0.180. The summed E-state index contributed by atoms with van der Waals surface area (Å²) in [5, 5.41) is 4.99. The summed E-state index contributed by atoms with van der Waals surface area (Å²) in [6, 6.07) is 62.4. The zero-order valence-electron chi connectivity index (χ0n) is 28.5. The van der Waals surface area contributed by atoms with Gasteiger partial charge in [-0.15, -0.1) is 11.3 Å². The lowest BCUT2D eigenvalue weighted by Crippen LogP contribution is -2.00. The molecule has 0 bridgehead atoms. The van der Waals surface area contributed by atoms with Crippen molar-refractivity contribution in [3.63, 3.8) is 0 Å². The number of rotatable bonds is 5. The first-order valence-electron chi connectivity index (χ1n) is 17.9. The maximum Gasteiger partial charge on any atom is 0.164 e. The van der Waals surface area contributed by atoms with E-state index in [0.717, 1.165) is 22.3 Å². The van der Waals surface area contributed by atoms with Crippen molar-refractivity contribution >= 4 is 42.3 Å². The van der Waals surface area contributed by atoms with Crippen LogP contribution in [0.3, 0.4) is 0 Å². The topological polar surface area (TPSA) is 38.7 Å². The van der Waals surface area contributed by atoms with Gasteiger partial charge in [0.1, 0.15) is 0 Å². The average molecular weight is 692 g/mol. The Kier molecular flexibility index (Phi) is 6.73. The second-order valence-corrected chi connectivity index (χ2v) is 14.6. The van der Waals surface area contributed by atoms with Gasteiger partial charge in [-0.1, -0.05) is 164 Å². The summed E-state index contributed by atoms with van der Waals surface area (Å²) in [6.07, 6.45) is 0. The zero-order valence-corrected chi connectivity index (χ0v) is 29.3. The average Bonchev–Trinajstić information content (AvgIpc) is 3.78. The van der Waals surface area contributed by atoms with Crippen LogP contribution in [0.1, 0.15) is 0 Å². The molecule has 0 radical (unpaired) electrons. The smallest absolute Gasteiger partial charge is 0.164 e. The molecule has 0 spiro atoms. The van der Waals surface area contributed by atoms with E-state index in [1.807, 2.05) is 35.6 Å². The minimum absolute atomic E-state index is 0.651. The number of hydrogen-bond donors (Lipinski definition) is 0. The minimum atomic E-state index is 0.651. The van der Waals surface area contributed by atoms with E-state index in [0.29, 0.717) is 17.5 Å². The van der Waals surface area contributed by atoms with E-state index in [4.69, 9.17) is 15.0 Å². The van der Waals surface area contributed by atoms with Crippen LogP contribution >= 0.6 is 11.3 Å². The van der Waals surface area contributed by atoms with Gasteiger partial charge in [0.15, 0.2) is 17.5 Å². The predicted molar refractivity (Wildman–Crippen MR) is 222 cm³/mol. The molecule has 11 rings (SSSR count). The van der Waals surface area contributed by atoms with E-state index in [-0.39, 0.29) is 0 Å². The largest absolute Gasteiger partial charge is 0.208 e. The van der Waals surface area contributed by atoms with Gasteiger partial charge in [-0.3, -0.25) is 0 Å². The van der Waals surface area contributed by atoms with Gasteiger partial charge in [0.25, 0.3) is 0 Å². The lowest BCUT2D eigenvalue weighted by Gasteiger charge is -2.13. The van der Waals surface area contributed by atoms with E-state index in [1.165, 1.54) is 69.9 Å². The third-order valence-electron chi connectivity index (χ3n) is 10.5. The molecule has 0 N–H and O–H groups in total. The molecule has 53 heavy (non-hydrogen) atoms. The molecule has 0 aliphatic heterocycles. The van der Waals surface area contributed by atoms with E-state index in [1.54, 1.807) is 0 Å². The van der Waals surface area contributed by atoms with E-state index in [2.05, 4.69) is 152 Å².